The Morgan fingerprint density at radius 2 is 1.41 bits per heavy atom. The first-order chi connectivity index (χ1) is 12.8. The average Bonchev–Trinajstić information content (AvgIpc) is 2.61. The summed E-state index contributed by atoms with van der Waals surface area (Å²) in [5.41, 5.74) is 2.70. The van der Waals surface area contributed by atoms with E-state index >= 15 is 0 Å². The molecule has 0 heterocycles. The van der Waals surface area contributed by atoms with Crippen LogP contribution in [-0.4, -0.2) is 41.9 Å². The van der Waals surface area contributed by atoms with Crippen LogP contribution in [0.5, 0.6) is 0 Å². The van der Waals surface area contributed by atoms with Gasteiger partial charge in [-0.2, -0.15) is 0 Å². The Morgan fingerprint density at radius 1 is 0.852 bits per heavy atom. The number of hydrogen-bond donors (Lipinski definition) is 2. The van der Waals surface area contributed by atoms with E-state index in [1.807, 2.05) is 75.1 Å². The van der Waals surface area contributed by atoms with Crippen LogP contribution in [0.15, 0.2) is 54.6 Å². The van der Waals surface area contributed by atoms with Crippen LogP contribution in [-0.2, 0) is 9.59 Å². The van der Waals surface area contributed by atoms with Gasteiger partial charge in [0.1, 0.15) is 0 Å². The fourth-order valence-corrected chi connectivity index (χ4v) is 2.72. The summed E-state index contributed by atoms with van der Waals surface area (Å²) >= 11 is 0. The van der Waals surface area contributed by atoms with Crippen LogP contribution in [0.4, 0.5) is 5.69 Å². The van der Waals surface area contributed by atoms with Gasteiger partial charge in [-0.15, -0.1) is 0 Å². The van der Waals surface area contributed by atoms with Crippen molar-refractivity contribution in [2.75, 3.05) is 25.0 Å². The van der Waals surface area contributed by atoms with E-state index in [0.717, 1.165) is 16.8 Å². The van der Waals surface area contributed by atoms with Gasteiger partial charge in [0.05, 0.1) is 13.1 Å². The van der Waals surface area contributed by atoms with Crippen molar-refractivity contribution in [3.8, 4) is 11.1 Å². The number of rotatable bonds is 7. The zero-order chi connectivity index (χ0) is 19.9. The first-order valence-corrected chi connectivity index (χ1v) is 9.25. The summed E-state index contributed by atoms with van der Waals surface area (Å²) < 4.78 is 0. The van der Waals surface area contributed by atoms with Gasteiger partial charge in [-0.3, -0.25) is 14.5 Å². The van der Waals surface area contributed by atoms with E-state index in [1.54, 1.807) is 0 Å². The minimum absolute atomic E-state index is 0.0793. The van der Waals surface area contributed by atoms with Crippen LogP contribution in [0.3, 0.4) is 0 Å². The van der Waals surface area contributed by atoms with Gasteiger partial charge in [0.25, 0.3) is 0 Å². The highest BCUT2D eigenvalue weighted by molar-refractivity contribution is 5.93. The molecule has 2 N–H and O–H groups in total. The van der Waals surface area contributed by atoms with Crippen molar-refractivity contribution in [3.63, 3.8) is 0 Å². The van der Waals surface area contributed by atoms with Crippen molar-refractivity contribution in [1.82, 2.24) is 10.2 Å². The van der Waals surface area contributed by atoms with Gasteiger partial charge in [0, 0.05) is 11.2 Å². The predicted molar refractivity (Wildman–Crippen MR) is 111 cm³/mol. The molecule has 0 unspecified atom stereocenters. The van der Waals surface area contributed by atoms with E-state index in [0.29, 0.717) is 6.54 Å². The second-order valence-corrected chi connectivity index (χ2v) is 7.59. The molecule has 5 heteroatoms. The number of carbonyl (C=O) groups is 2. The molecule has 0 aromatic heterocycles. The summed E-state index contributed by atoms with van der Waals surface area (Å²) in [7, 11) is 0. The van der Waals surface area contributed by atoms with Gasteiger partial charge in [-0.05, 0) is 50.6 Å². The van der Waals surface area contributed by atoms with Crippen LogP contribution in [0.1, 0.15) is 27.7 Å². The predicted octanol–water partition coefficient (Wildman–Crippen LogP) is 3.53. The molecule has 0 aliphatic rings. The molecular weight excluding hydrogens is 338 g/mol. The number of nitrogens with zero attached hydrogens (tertiary/aromatic N) is 1. The van der Waals surface area contributed by atoms with E-state index in [2.05, 4.69) is 22.8 Å². The molecule has 2 aromatic rings. The van der Waals surface area contributed by atoms with E-state index in [9.17, 15) is 9.59 Å². The van der Waals surface area contributed by atoms with Crippen LogP contribution in [0, 0.1) is 0 Å². The van der Waals surface area contributed by atoms with Gasteiger partial charge in [-0.25, -0.2) is 0 Å². The molecule has 5 nitrogen and oxygen atoms in total. The second kappa shape index (κ2) is 9.33. The Labute approximate surface area is 161 Å². The number of anilines is 1. The summed E-state index contributed by atoms with van der Waals surface area (Å²) in [5.74, 6) is -0.211. The van der Waals surface area contributed by atoms with Crippen LogP contribution in [0.25, 0.3) is 11.1 Å². The lowest BCUT2D eigenvalue weighted by atomic mass is 10.1. The smallest absolute Gasteiger partial charge is 0.238 e. The third-order valence-corrected chi connectivity index (χ3v) is 3.97. The third kappa shape index (κ3) is 7.23. The second-order valence-electron chi connectivity index (χ2n) is 7.59. The minimum atomic E-state index is -0.279. The summed E-state index contributed by atoms with van der Waals surface area (Å²) in [4.78, 5) is 26.2. The SMILES string of the molecule is CCN(CC(=O)Nc1ccc(-c2ccccc2)cc1)CC(=O)NC(C)(C)C. The fourth-order valence-electron chi connectivity index (χ4n) is 2.72. The summed E-state index contributed by atoms with van der Waals surface area (Å²) in [6.07, 6.45) is 0. The minimum Gasteiger partial charge on any atom is -0.350 e. The van der Waals surface area contributed by atoms with Crippen molar-refractivity contribution >= 4 is 17.5 Å². The summed E-state index contributed by atoms with van der Waals surface area (Å²) in [6, 6.07) is 17.8. The molecule has 0 aliphatic carbocycles. The number of amides is 2. The van der Waals surface area contributed by atoms with E-state index < -0.39 is 0 Å². The maximum absolute atomic E-state index is 12.3. The molecule has 0 fully saturated rings. The Kier molecular flexibility index (Phi) is 7.13. The normalized spacial score (nSPS) is 11.3. The van der Waals surface area contributed by atoms with E-state index in [4.69, 9.17) is 0 Å². The molecule has 0 aliphatic heterocycles. The molecule has 0 saturated carbocycles. The third-order valence-electron chi connectivity index (χ3n) is 3.97. The van der Waals surface area contributed by atoms with E-state index in [-0.39, 0.29) is 30.4 Å². The van der Waals surface area contributed by atoms with Crippen LogP contribution in [0.2, 0.25) is 0 Å². The van der Waals surface area contributed by atoms with Crippen molar-refractivity contribution in [2.45, 2.75) is 33.2 Å². The monoisotopic (exact) mass is 367 g/mol. The highest BCUT2D eigenvalue weighted by Crippen LogP contribution is 2.20. The van der Waals surface area contributed by atoms with Gasteiger partial charge >= 0.3 is 0 Å². The van der Waals surface area contributed by atoms with Gasteiger partial charge in [0.2, 0.25) is 11.8 Å². The molecule has 27 heavy (non-hydrogen) atoms. The Hall–Kier alpha value is -2.66. The Bertz CT molecular complexity index is 749. The molecule has 144 valence electrons. The summed E-state index contributed by atoms with van der Waals surface area (Å²) in [5, 5.41) is 5.81. The maximum atomic E-state index is 12.3. The largest absolute Gasteiger partial charge is 0.350 e. The lowest BCUT2D eigenvalue weighted by Crippen LogP contribution is -2.47. The topological polar surface area (TPSA) is 61.4 Å². The zero-order valence-corrected chi connectivity index (χ0v) is 16.6. The number of benzene rings is 2. The number of nitrogens with one attached hydrogen (secondary N) is 2. The van der Waals surface area contributed by atoms with Crippen LogP contribution >= 0.6 is 0 Å². The van der Waals surface area contributed by atoms with Crippen LogP contribution < -0.4 is 10.6 Å². The molecular formula is C22H29N3O2. The standard InChI is InChI=1S/C22H29N3O2/c1-5-25(16-21(27)24-22(2,3)4)15-20(26)23-19-13-11-18(12-14-19)17-9-7-6-8-10-17/h6-14H,5,15-16H2,1-4H3,(H,23,26)(H,24,27). The fraction of sp³-hybridized carbons (Fsp3) is 0.364. The number of likely N-dealkylation sites (N-methyl/N-ethyl adjacent to an activating group) is 1. The zero-order valence-electron chi connectivity index (χ0n) is 16.6. The first kappa shape index (κ1) is 20.6. The highest BCUT2D eigenvalue weighted by Gasteiger charge is 2.17. The molecule has 0 radical (unpaired) electrons. The molecule has 0 bridgehead atoms. The van der Waals surface area contributed by atoms with Gasteiger partial charge in [-0.1, -0.05) is 49.4 Å². The molecule has 0 spiro atoms. The van der Waals surface area contributed by atoms with Gasteiger partial charge < -0.3 is 10.6 Å². The molecule has 0 saturated heterocycles. The van der Waals surface area contributed by atoms with Gasteiger partial charge in [0.15, 0.2) is 0 Å². The lowest BCUT2D eigenvalue weighted by Gasteiger charge is -2.24. The Balaban J connectivity index is 1.89. The first-order valence-electron chi connectivity index (χ1n) is 9.25. The van der Waals surface area contributed by atoms with Crippen molar-refractivity contribution < 1.29 is 9.59 Å². The van der Waals surface area contributed by atoms with Crippen molar-refractivity contribution in [1.29, 1.82) is 0 Å². The average molecular weight is 367 g/mol. The molecule has 2 rings (SSSR count). The molecule has 2 aromatic carbocycles. The quantitative estimate of drug-likeness (QED) is 0.787. The van der Waals surface area contributed by atoms with Crippen molar-refractivity contribution in [3.05, 3.63) is 54.6 Å². The number of hydrogen-bond acceptors (Lipinski definition) is 3. The van der Waals surface area contributed by atoms with E-state index in [1.165, 1.54) is 0 Å². The Morgan fingerprint density at radius 3 is 1.96 bits per heavy atom. The molecule has 2 amide bonds. The molecule has 0 atom stereocenters. The number of carbonyl (C=O) groups excluding carboxylic acids is 2. The lowest BCUT2D eigenvalue weighted by molar-refractivity contribution is -0.124. The summed E-state index contributed by atoms with van der Waals surface area (Å²) in [6.45, 7) is 8.75. The highest BCUT2D eigenvalue weighted by atomic mass is 16.2. The van der Waals surface area contributed by atoms with Crippen molar-refractivity contribution in [2.24, 2.45) is 0 Å². The maximum Gasteiger partial charge on any atom is 0.238 e.